The fraction of sp³-hybridized carbons (Fsp3) is 0.300. The quantitative estimate of drug-likeness (QED) is 0.604. The number of aliphatic hydroxyl groups is 1. The highest BCUT2D eigenvalue weighted by Gasteiger charge is 2.39. The molecule has 2 N–H and O–H groups in total. The fourth-order valence-corrected chi connectivity index (χ4v) is 2.50. The first-order valence-corrected chi connectivity index (χ1v) is 8.26. The van der Waals surface area contributed by atoms with Crippen LogP contribution in [0.15, 0.2) is 65.8 Å². The highest BCUT2D eigenvalue weighted by molar-refractivity contribution is 5.91. The van der Waals surface area contributed by atoms with Crippen molar-refractivity contribution in [1.82, 2.24) is 5.43 Å². The lowest BCUT2D eigenvalue weighted by Crippen LogP contribution is -2.43. The Morgan fingerprint density at radius 1 is 1.04 bits per heavy atom. The first-order chi connectivity index (χ1) is 11.6. The molecule has 126 valence electrons. The number of amides is 1. The van der Waals surface area contributed by atoms with Gasteiger partial charge in [0.2, 0.25) is 0 Å². The molecule has 0 aromatic heterocycles. The maximum Gasteiger partial charge on any atom is 0.281 e. The number of hydrazone groups is 1. The van der Waals surface area contributed by atoms with E-state index in [4.69, 9.17) is 0 Å². The van der Waals surface area contributed by atoms with Gasteiger partial charge in [-0.3, -0.25) is 4.79 Å². The second-order valence-electron chi connectivity index (χ2n) is 5.83. The molecule has 4 heteroatoms. The van der Waals surface area contributed by atoms with Crippen LogP contribution in [0.5, 0.6) is 0 Å². The fourth-order valence-electron chi connectivity index (χ4n) is 2.50. The van der Waals surface area contributed by atoms with Crippen molar-refractivity contribution in [3.05, 3.63) is 71.8 Å². The van der Waals surface area contributed by atoms with E-state index in [9.17, 15) is 9.90 Å². The summed E-state index contributed by atoms with van der Waals surface area (Å²) in [6, 6.07) is 17.8. The van der Waals surface area contributed by atoms with Crippen LogP contribution < -0.4 is 5.43 Å². The van der Waals surface area contributed by atoms with Crippen LogP contribution in [0.1, 0.15) is 44.2 Å². The number of benzene rings is 2. The Hall–Kier alpha value is -2.46. The third-order valence-corrected chi connectivity index (χ3v) is 3.95. The number of carbonyl (C=O) groups is 1. The van der Waals surface area contributed by atoms with E-state index in [1.54, 1.807) is 48.5 Å². The van der Waals surface area contributed by atoms with Crippen molar-refractivity contribution in [1.29, 1.82) is 0 Å². The summed E-state index contributed by atoms with van der Waals surface area (Å²) in [5.74, 6) is -0.559. The van der Waals surface area contributed by atoms with Crippen molar-refractivity contribution < 1.29 is 9.90 Å². The number of hydrogen-bond donors (Lipinski definition) is 2. The summed E-state index contributed by atoms with van der Waals surface area (Å²) in [5, 5.41) is 15.4. The number of nitrogens with one attached hydrogen (secondary N) is 1. The Morgan fingerprint density at radius 3 is 2.00 bits per heavy atom. The maximum absolute atomic E-state index is 12.8. The van der Waals surface area contributed by atoms with E-state index < -0.39 is 11.5 Å². The maximum atomic E-state index is 12.8. The molecule has 0 aliphatic carbocycles. The zero-order chi connectivity index (χ0) is 17.4. The molecule has 0 heterocycles. The van der Waals surface area contributed by atoms with Gasteiger partial charge in [-0.05, 0) is 30.9 Å². The Morgan fingerprint density at radius 2 is 1.54 bits per heavy atom. The Bertz CT molecular complexity index is 642. The number of hydrogen-bond acceptors (Lipinski definition) is 3. The van der Waals surface area contributed by atoms with E-state index in [-0.39, 0.29) is 0 Å². The first kappa shape index (κ1) is 17.9. The molecule has 24 heavy (non-hydrogen) atoms. The molecule has 0 bridgehead atoms. The van der Waals surface area contributed by atoms with Crippen molar-refractivity contribution in [3.63, 3.8) is 0 Å². The van der Waals surface area contributed by atoms with E-state index in [0.29, 0.717) is 11.1 Å². The molecular formula is C20H24N2O2. The molecule has 0 unspecified atom stereocenters. The largest absolute Gasteiger partial charge is 0.372 e. The molecule has 0 aliphatic rings. The van der Waals surface area contributed by atoms with Crippen LogP contribution in [0, 0.1) is 0 Å². The summed E-state index contributed by atoms with van der Waals surface area (Å²) in [6.07, 6.45) is 2.91. The van der Waals surface area contributed by atoms with Gasteiger partial charge in [-0.15, -0.1) is 0 Å². The average Bonchev–Trinajstić information content (AvgIpc) is 2.65. The molecule has 0 spiro atoms. The van der Waals surface area contributed by atoms with E-state index >= 15 is 0 Å². The summed E-state index contributed by atoms with van der Waals surface area (Å²) >= 11 is 0. The molecule has 0 fully saturated rings. The minimum absolute atomic E-state index is 0.509. The van der Waals surface area contributed by atoms with Gasteiger partial charge in [0.25, 0.3) is 5.91 Å². The van der Waals surface area contributed by atoms with Gasteiger partial charge in [0.1, 0.15) is 0 Å². The lowest BCUT2D eigenvalue weighted by Gasteiger charge is -2.27. The van der Waals surface area contributed by atoms with Crippen LogP contribution >= 0.6 is 0 Å². The second-order valence-corrected chi connectivity index (χ2v) is 5.83. The third-order valence-electron chi connectivity index (χ3n) is 3.95. The molecular weight excluding hydrogens is 300 g/mol. The first-order valence-electron chi connectivity index (χ1n) is 8.26. The van der Waals surface area contributed by atoms with Crippen molar-refractivity contribution in [2.24, 2.45) is 5.10 Å². The molecule has 0 atom stereocenters. The standard InChI is InChI=1S/C20H24N2O2/c1-3-4-11-16(2)21-22-19(23)20(24,17-12-7-5-8-13-17)18-14-9-6-10-15-18/h5-10,12-15,24H,3-4,11H2,1-2H3,(H,22,23)/b21-16+. The zero-order valence-electron chi connectivity index (χ0n) is 14.2. The molecule has 1 amide bonds. The van der Waals surface area contributed by atoms with E-state index in [1.807, 2.05) is 19.1 Å². The molecule has 0 aliphatic heterocycles. The van der Waals surface area contributed by atoms with Gasteiger partial charge in [-0.25, -0.2) is 5.43 Å². The Labute approximate surface area is 143 Å². The zero-order valence-corrected chi connectivity index (χ0v) is 14.2. The van der Waals surface area contributed by atoms with Crippen LogP contribution in [0.3, 0.4) is 0 Å². The van der Waals surface area contributed by atoms with E-state index in [0.717, 1.165) is 25.0 Å². The highest BCUT2D eigenvalue weighted by atomic mass is 16.3. The lowest BCUT2D eigenvalue weighted by molar-refractivity contribution is -0.136. The van der Waals surface area contributed by atoms with Crippen LogP contribution in [-0.2, 0) is 10.4 Å². The topological polar surface area (TPSA) is 61.7 Å². The Balaban J connectivity index is 2.32. The smallest absolute Gasteiger partial charge is 0.281 e. The van der Waals surface area contributed by atoms with Gasteiger partial charge in [0, 0.05) is 5.71 Å². The van der Waals surface area contributed by atoms with Crippen molar-refractivity contribution >= 4 is 11.6 Å². The molecule has 0 radical (unpaired) electrons. The monoisotopic (exact) mass is 324 g/mol. The average molecular weight is 324 g/mol. The number of unbranched alkanes of at least 4 members (excludes halogenated alkanes) is 1. The lowest BCUT2D eigenvalue weighted by atomic mass is 9.85. The van der Waals surface area contributed by atoms with Gasteiger partial charge >= 0.3 is 0 Å². The predicted molar refractivity (Wildman–Crippen MR) is 96.7 cm³/mol. The van der Waals surface area contributed by atoms with Gasteiger partial charge in [-0.2, -0.15) is 5.10 Å². The van der Waals surface area contributed by atoms with Crippen LogP contribution in [0.4, 0.5) is 0 Å². The summed E-state index contributed by atoms with van der Waals surface area (Å²) in [6.45, 7) is 3.98. The van der Waals surface area contributed by atoms with E-state index in [1.165, 1.54) is 0 Å². The van der Waals surface area contributed by atoms with Gasteiger partial charge < -0.3 is 5.11 Å². The normalized spacial score (nSPS) is 12.0. The van der Waals surface area contributed by atoms with Crippen molar-refractivity contribution in [2.45, 2.75) is 38.7 Å². The molecule has 0 saturated heterocycles. The molecule has 2 aromatic rings. The second kappa shape index (κ2) is 8.41. The van der Waals surface area contributed by atoms with E-state index in [2.05, 4.69) is 17.5 Å². The molecule has 2 aromatic carbocycles. The molecule has 2 rings (SSSR count). The SMILES string of the molecule is CCCC/C(C)=N/NC(=O)C(O)(c1ccccc1)c1ccccc1. The number of nitrogens with zero attached hydrogens (tertiary/aromatic N) is 1. The van der Waals surface area contributed by atoms with Crippen molar-refractivity contribution in [2.75, 3.05) is 0 Å². The van der Waals surface area contributed by atoms with Crippen LogP contribution in [0.2, 0.25) is 0 Å². The van der Waals surface area contributed by atoms with Crippen LogP contribution in [-0.4, -0.2) is 16.7 Å². The van der Waals surface area contributed by atoms with Gasteiger partial charge in [-0.1, -0.05) is 74.0 Å². The van der Waals surface area contributed by atoms with Gasteiger partial charge in [0.15, 0.2) is 5.60 Å². The number of rotatable bonds is 7. The molecule has 4 nitrogen and oxygen atoms in total. The van der Waals surface area contributed by atoms with Crippen molar-refractivity contribution in [3.8, 4) is 0 Å². The highest BCUT2D eigenvalue weighted by Crippen LogP contribution is 2.29. The minimum atomic E-state index is -1.78. The summed E-state index contributed by atoms with van der Waals surface area (Å²) in [7, 11) is 0. The van der Waals surface area contributed by atoms with Gasteiger partial charge in [0.05, 0.1) is 0 Å². The number of carbonyl (C=O) groups excluding carboxylic acids is 1. The molecule has 0 saturated carbocycles. The minimum Gasteiger partial charge on any atom is -0.372 e. The van der Waals surface area contributed by atoms with Crippen LogP contribution in [0.25, 0.3) is 0 Å². The summed E-state index contributed by atoms with van der Waals surface area (Å²) in [5.41, 5.74) is 2.61. The summed E-state index contributed by atoms with van der Waals surface area (Å²) in [4.78, 5) is 12.8. The predicted octanol–water partition coefficient (Wildman–Crippen LogP) is 3.60. The Kier molecular flexibility index (Phi) is 6.27. The third kappa shape index (κ3) is 4.09. The summed E-state index contributed by atoms with van der Waals surface area (Å²) < 4.78 is 0.